The van der Waals surface area contributed by atoms with Crippen LogP contribution in [0.1, 0.15) is 24.4 Å². The standard InChI is InChI=1S/C17H16FN5O/c1-11(20-15(24)9-12-4-2-6-14(18)8-12)16-21-17(23-22-16)13-5-3-7-19-10-13/h2-8,10-11H,9H2,1H3,(H,20,24)(H,21,22,23). The van der Waals surface area contributed by atoms with Gasteiger partial charge >= 0.3 is 0 Å². The zero-order valence-corrected chi connectivity index (χ0v) is 13.0. The third-order valence-electron chi connectivity index (χ3n) is 3.46. The van der Waals surface area contributed by atoms with E-state index >= 15 is 0 Å². The molecule has 122 valence electrons. The highest BCUT2D eigenvalue weighted by atomic mass is 19.1. The van der Waals surface area contributed by atoms with Crippen molar-refractivity contribution in [1.82, 2.24) is 25.5 Å². The predicted octanol–water partition coefficient (Wildman–Crippen LogP) is 2.43. The maximum absolute atomic E-state index is 13.1. The minimum Gasteiger partial charge on any atom is -0.346 e. The number of nitrogens with one attached hydrogen (secondary N) is 2. The summed E-state index contributed by atoms with van der Waals surface area (Å²) in [4.78, 5) is 20.5. The van der Waals surface area contributed by atoms with Crippen LogP contribution in [0.3, 0.4) is 0 Å². The fraction of sp³-hybridized carbons (Fsp3) is 0.176. The Morgan fingerprint density at radius 3 is 2.96 bits per heavy atom. The number of aromatic nitrogens is 4. The van der Waals surface area contributed by atoms with Gasteiger partial charge in [0.15, 0.2) is 5.82 Å². The van der Waals surface area contributed by atoms with Crippen molar-refractivity contribution >= 4 is 5.91 Å². The van der Waals surface area contributed by atoms with E-state index in [4.69, 9.17) is 0 Å². The Hall–Kier alpha value is -3.09. The molecule has 3 rings (SSSR count). The van der Waals surface area contributed by atoms with Gasteiger partial charge < -0.3 is 5.32 Å². The van der Waals surface area contributed by atoms with E-state index in [0.29, 0.717) is 17.2 Å². The number of H-pyrrole nitrogens is 1. The number of aromatic amines is 1. The summed E-state index contributed by atoms with van der Waals surface area (Å²) >= 11 is 0. The normalized spacial score (nSPS) is 11.9. The van der Waals surface area contributed by atoms with Crippen molar-refractivity contribution in [2.75, 3.05) is 0 Å². The molecule has 6 nitrogen and oxygen atoms in total. The van der Waals surface area contributed by atoms with Crippen molar-refractivity contribution in [2.45, 2.75) is 19.4 Å². The maximum Gasteiger partial charge on any atom is 0.225 e. The topological polar surface area (TPSA) is 83.6 Å². The predicted molar refractivity (Wildman–Crippen MR) is 86.3 cm³/mol. The highest BCUT2D eigenvalue weighted by Gasteiger charge is 2.15. The average Bonchev–Trinajstić information content (AvgIpc) is 3.05. The Balaban J connectivity index is 1.63. The average molecular weight is 325 g/mol. The van der Waals surface area contributed by atoms with Crippen LogP contribution >= 0.6 is 0 Å². The maximum atomic E-state index is 13.1. The first kappa shape index (κ1) is 15.8. The summed E-state index contributed by atoms with van der Waals surface area (Å²) in [6.07, 6.45) is 3.44. The van der Waals surface area contributed by atoms with E-state index in [1.165, 1.54) is 12.1 Å². The van der Waals surface area contributed by atoms with Crippen LogP contribution in [0.5, 0.6) is 0 Å². The van der Waals surface area contributed by atoms with Gasteiger partial charge in [0.1, 0.15) is 11.6 Å². The molecule has 0 saturated carbocycles. The Labute approximate surface area is 138 Å². The Morgan fingerprint density at radius 1 is 1.33 bits per heavy atom. The third-order valence-corrected chi connectivity index (χ3v) is 3.46. The van der Waals surface area contributed by atoms with Gasteiger partial charge in [-0.2, -0.15) is 5.10 Å². The van der Waals surface area contributed by atoms with E-state index in [1.807, 2.05) is 6.07 Å². The van der Waals surface area contributed by atoms with Crippen molar-refractivity contribution in [3.63, 3.8) is 0 Å². The van der Waals surface area contributed by atoms with Crippen LogP contribution in [0.2, 0.25) is 0 Å². The van der Waals surface area contributed by atoms with Crippen LogP contribution in [0, 0.1) is 5.82 Å². The van der Waals surface area contributed by atoms with Gasteiger partial charge in [0.05, 0.1) is 12.5 Å². The number of hydrogen-bond acceptors (Lipinski definition) is 4. The van der Waals surface area contributed by atoms with Gasteiger partial charge in [-0.3, -0.25) is 14.9 Å². The first-order chi connectivity index (χ1) is 11.6. The van der Waals surface area contributed by atoms with Gasteiger partial charge in [-0.25, -0.2) is 9.37 Å². The van der Waals surface area contributed by atoms with Gasteiger partial charge in [-0.1, -0.05) is 12.1 Å². The molecule has 0 spiro atoms. The van der Waals surface area contributed by atoms with Crippen molar-refractivity contribution in [1.29, 1.82) is 0 Å². The van der Waals surface area contributed by atoms with Crippen LogP contribution in [0.15, 0.2) is 48.8 Å². The Kier molecular flexibility index (Phi) is 4.60. The second-order valence-corrected chi connectivity index (χ2v) is 5.38. The smallest absolute Gasteiger partial charge is 0.225 e. The lowest BCUT2D eigenvalue weighted by atomic mass is 10.1. The second kappa shape index (κ2) is 6.99. The highest BCUT2D eigenvalue weighted by molar-refractivity contribution is 5.78. The molecular weight excluding hydrogens is 309 g/mol. The zero-order valence-electron chi connectivity index (χ0n) is 13.0. The highest BCUT2D eigenvalue weighted by Crippen LogP contribution is 2.15. The fourth-order valence-corrected chi connectivity index (χ4v) is 2.29. The molecule has 1 atom stereocenters. The summed E-state index contributed by atoms with van der Waals surface area (Å²) in [5.41, 5.74) is 1.41. The van der Waals surface area contributed by atoms with Crippen LogP contribution in [-0.4, -0.2) is 26.1 Å². The molecule has 2 heterocycles. The van der Waals surface area contributed by atoms with Gasteiger partial charge in [-0.05, 0) is 36.8 Å². The lowest BCUT2D eigenvalue weighted by molar-refractivity contribution is -0.121. The van der Waals surface area contributed by atoms with Crippen molar-refractivity contribution < 1.29 is 9.18 Å². The molecule has 7 heteroatoms. The minimum absolute atomic E-state index is 0.103. The van der Waals surface area contributed by atoms with Crippen LogP contribution in [-0.2, 0) is 11.2 Å². The number of carbonyl (C=O) groups is 1. The number of amides is 1. The molecule has 0 bridgehead atoms. The van der Waals surface area contributed by atoms with E-state index in [9.17, 15) is 9.18 Å². The lowest BCUT2D eigenvalue weighted by Gasteiger charge is -2.11. The number of rotatable bonds is 5. The monoisotopic (exact) mass is 325 g/mol. The first-order valence-electron chi connectivity index (χ1n) is 7.48. The SMILES string of the molecule is CC(NC(=O)Cc1cccc(F)c1)c1nc(-c2cccnc2)n[nH]1. The molecule has 0 aliphatic heterocycles. The van der Waals surface area contributed by atoms with Crippen molar-refractivity contribution in [3.8, 4) is 11.4 Å². The van der Waals surface area contributed by atoms with Crippen LogP contribution < -0.4 is 5.32 Å². The molecule has 3 aromatic rings. The number of carbonyl (C=O) groups excluding carboxylic acids is 1. The summed E-state index contributed by atoms with van der Waals surface area (Å²) < 4.78 is 13.1. The summed E-state index contributed by atoms with van der Waals surface area (Å²) in [6, 6.07) is 9.30. The third kappa shape index (κ3) is 3.81. The minimum atomic E-state index is -0.357. The van der Waals surface area contributed by atoms with E-state index < -0.39 is 0 Å². The fourth-order valence-electron chi connectivity index (χ4n) is 2.29. The lowest BCUT2D eigenvalue weighted by Crippen LogP contribution is -2.28. The van der Waals surface area contributed by atoms with Crippen LogP contribution in [0.4, 0.5) is 4.39 Å². The summed E-state index contributed by atoms with van der Waals surface area (Å²) in [7, 11) is 0. The number of nitrogens with zero attached hydrogens (tertiary/aromatic N) is 3. The van der Waals surface area contributed by atoms with Gasteiger partial charge in [0, 0.05) is 18.0 Å². The molecular formula is C17H16FN5O. The summed E-state index contributed by atoms with van der Waals surface area (Å²) in [5.74, 6) is 0.489. The summed E-state index contributed by atoms with van der Waals surface area (Å²) in [6.45, 7) is 1.80. The van der Waals surface area contributed by atoms with E-state index in [2.05, 4.69) is 25.5 Å². The molecule has 0 aliphatic rings. The number of benzene rings is 1. The molecule has 1 amide bonds. The van der Waals surface area contributed by atoms with Crippen LogP contribution in [0.25, 0.3) is 11.4 Å². The molecule has 1 unspecified atom stereocenters. The van der Waals surface area contributed by atoms with Crippen molar-refractivity contribution in [3.05, 3.63) is 66.0 Å². The van der Waals surface area contributed by atoms with E-state index in [0.717, 1.165) is 5.56 Å². The molecule has 0 aliphatic carbocycles. The number of pyridine rings is 1. The van der Waals surface area contributed by atoms with E-state index in [1.54, 1.807) is 37.5 Å². The Morgan fingerprint density at radius 2 is 2.21 bits per heavy atom. The quantitative estimate of drug-likeness (QED) is 0.754. The first-order valence-corrected chi connectivity index (χ1v) is 7.48. The molecule has 0 fully saturated rings. The van der Waals surface area contributed by atoms with Gasteiger partial charge in [0.2, 0.25) is 5.91 Å². The van der Waals surface area contributed by atoms with E-state index in [-0.39, 0.29) is 24.2 Å². The molecule has 1 aromatic carbocycles. The molecule has 2 aromatic heterocycles. The summed E-state index contributed by atoms with van der Waals surface area (Å²) in [5, 5.41) is 9.77. The van der Waals surface area contributed by atoms with Gasteiger partial charge in [-0.15, -0.1) is 0 Å². The van der Waals surface area contributed by atoms with Crippen molar-refractivity contribution in [2.24, 2.45) is 0 Å². The second-order valence-electron chi connectivity index (χ2n) is 5.38. The molecule has 24 heavy (non-hydrogen) atoms. The molecule has 0 saturated heterocycles. The molecule has 0 radical (unpaired) electrons. The molecule has 2 N–H and O–H groups in total. The van der Waals surface area contributed by atoms with Gasteiger partial charge in [0.25, 0.3) is 0 Å². The number of halogens is 1. The largest absolute Gasteiger partial charge is 0.346 e. The zero-order chi connectivity index (χ0) is 16.9. The number of hydrogen-bond donors (Lipinski definition) is 2. The Bertz CT molecular complexity index is 834.